The fourth-order valence-corrected chi connectivity index (χ4v) is 13.8. The van der Waals surface area contributed by atoms with Gasteiger partial charge in [0.25, 0.3) is 5.56 Å². The number of carbonyl (C=O) groups excluding carboxylic acids is 11. The molecule has 1 unspecified atom stereocenters. The highest BCUT2D eigenvalue weighted by atomic mass is 19.1. The van der Waals surface area contributed by atoms with E-state index in [1.807, 2.05) is 48.5 Å². The van der Waals surface area contributed by atoms with Crippen LogP contribution >= 0.6 is 0 Å². The van der Waals surface area contributed by atoms with Crippen LogP contribution in [0.25, 0.3) is 33.4 Å². The van der Waals surface area contributed by atoms with Crippen LogP contribution in [0.1, 0.15) is 181 Å². The smallest absolute Gasteiger partial charge is 0.407 e. The van der Waals surface area contributed by atoms with Crippen LogP contribution in [-0.2, 0) is 98.5 Å². The maximum atomic E-state index is 15.5. The number of ketones is 3. The Bertz CT molecular complexity index is 4360. The molecule has 5 amide bonds. The molecule has 2 aromatic heterocycles. The molecule has 0 saturated heterocycles. The lowest BCUT2D eigenvalue weighted by molar-refractivity contribution is -0.172. The van der Waals surface area contributed by atoms with Gasteiger partial charge in [-0.1, -0.05) is 85.8 Å². The number of cyclic esters (lactones) is 1. The van der Waals surface area contributed by atoms with Crippen molar-refractivity contribution in [3.8, 4) is 22.5 Å². The first-order chi connectivity index (χ1) is 48.4. The molecule has 2 aliphatic heterocycles. The summed E-state index contributed by atoms with van der Waals surface area (Å²) in [6, 6.07) is 23.8. The van der Waals surface area contributed by atoms with E-state index in [1.54, 1.807) is 91.8 Å². The number of nitrogens with one attached hydrogen (secondary N) is 5. The lowest BCUT2D eigenvalue weighted by Crippen LogP contribution is -2.46. The molecule has 2 aliphatic carbocycles. The van der Waals surface area contributed by atoms with Crippen molar-refractivity contribution in [3.05, 3.63) is 157 Å². The normalized spacial score (nSPS) is 16.5. The molecular weight excluding hydrogens is 1310 g/mol. The average molecular weight is 1400 g/mol. The first-order valence-corrected chi connectivity index (χ1v) is 34.5. The first-order valence-electron chi connectivity index (χ1n) is 34.5. The van der Waals surface area contributed by atoms with Gasteiger partial charge in [0, 0.05) is 73.6 Å². The minimum Gasteiger partial charge on any atom is -0.460 e. The molecular formula is C77H86FN7O17. The van der Waals surface area contributed by atoms with E-state index in [9.17, 15) is 62.6 Å². The Kier molecular flexibility index (Phi) is 22.8. The summed E-state index contributed by atoms with van der Waals surface area (Å²) in [5.41, 5.74) is 3.84. The first kappa shape index (κ1) is 74.4. The van der Waals surface area contributed by atoms with Crippen molar-refractivity contribution in [2.75, 3.05) is 19.7 Å². The SMILES string of the molecule is CC[C@@]1(O)C(=O)OCc2c1cc1n(c2=O)Cc2c-1nc1cc(F)c(C)c3c1c2[C@@H](NC(=O)CCCNC(=O)CCC(=O)[C@H](Cc1ccccc1)NC(=O)CCC(=O)CNC(=O)[C@H](CC(=O)OC(C)(C)C)CC(=O)C(CC(=O)OC(C)(C)C)NC(=O)OCC1c2ccccc2-c2ccccc21)CC3. The van der Waals surface area contributed by atoms with Crippen molar-refractivity contribution in [1.82, 2.24) is 36.1 Å². The topological polar surface area (TPSA) is 340 Å². The predicted octanol–water partition coefficient (Wildman–Crippen LogP) is 8.02. The summed E-state index contributed by atoms with van der Waals surface area (Å²) in [6.07, 6.45) is -3.39. The van der Waals surface area contributed by atoms with Crippen molar-refractivity contribution in [1.29, 1.82) is 0 Å². The fourth-order valence-electron chi connectivity index (χ4n) is 13.8. The maximum Gasteiger partial charge on any atom is 0.407 e. The van der Waals surface area contributed by atoms with Crippen molar-refractivity contribution in [3.63, 3.8) is 0 Å². The number of halogens is 1. The number of fused-ring (bicyclic) bond motifs is 8. The lowest BCUT2D eigenvalue weighted by Gasteiger charge is -2.31. The highest BCUT2D eigenvalue weighted by Crippen LogP contribution is 2.47. The van der Waals surface area contributed by atoms with Crippen LogP contribution < -0.4 is 32.1 Å². The van der Waals surface area contributed by atoms with Gasteiger partial charge in [-0.25, -0.2) is 19.0 Å². The van der Waals surface area contributed by atoms with Gasteiger partial charge < -0.3 is 55.2 Å². The van der Waals surface area contributed by atoms with Gasteiger partial charge in [0.15, 0.2) is 23.0 Å². The minimum atomic E-state index is -2.06. The molecule has 24 nitrogen and oxygen atoms in total. The van der Waals surface area contributed by atoms with Crippen molar-refractivity contribution < 1.29 is 81.2 Å². The largest absolute Gasteiger partial charge is 0.460 e. The fraction of sp³-hybridized carbons (Fsp3) is 0.442. The zero-order chi connectivity index (χ0) is 73.5. The Morgan fingerprint density at radius 1 is 0.725 bits per heavy atom. The van der Waals surface area contributed by atoms with E-state index in [0.29, 0.717) is 57.4 Å². The second kappa shape index (κ2) is 31.3. The number of benzene rings is 4. The molecule has 0 bridgehead atoms. The van der Waals surface area contributed by atoms with Gasteiger partial charge in [0.2, 0.25) is 23.6 Å². The van der Waals surface area contributed by atoms with Crippen LogP contribution in [0.2, 0.25) is 0 Å². The zero-order valence-electron chi connectivity index (χ0n) is 58.5. The second-order valence-electron chi connectivity index (χ2n) is 28.4. The van der Waals surface area contributed by atoms with Crippen molar-refractivity contribution in [2.45, 2.75) is 193 Å². The van der Waals surface area contributed by atoms with E-state index >= 15 is 4.39 Å². The molecule has 0 saturated carbocycles. The minimum absolute atomic E-state index is 0.0146. The second-order valence-corrected chi connectivity index (χ2v) is 28.4. The number of aliphatic hydroxyl groups is 1. The molecule has 4 aromatic carbocycles. The Morgan fingerprint density at radius 3 is 2.04 bits per heavy atom. The zero-order valence-corrected chi connectivity index (χ0v) is 58.5. The highest BCUT2D eigenvalue weighted by Gasteiger charge is 2.46. The molecule has 0 spiro atoms. The number of carbonyl (C=O) groups is 11. The summed E-state index contributed by atoms with van der Waals surface area (Å²) in [6.45, 7) is 12.0. The van der Waals surface area contributed by atoms with Gasteiger partial charge in [-0.3, -0.25) is 47.9 Å². The number of ether oxygens (including phenoxy) is 4. The molecule has 102 heavy (non-hydrogen) atoms. The summed E-state index contributed by atoms with van der Waals surface area (Å²) in [7, 11) is 0. The van der Waals surface area contributed by atoms with Crippen molar-refractivity contribution in [2.24, 2.45) is 5.92 Å². The number of aromatic nitrogens is 2. The van der Waals surface area contributed by atoms with E-state index in [4.69, 9.17) is 23.9 Å². The summed E-state index contributed by atoms with van der Waals surface area (Å²) in [5.74, 6) is -9.21. The van der Waals surface area contributed by atoms with E-state index in [-0.39, 0.29) is 87.8 Å². The summed E-state index contributed by atoms with van der Waals surface area (Å²) in [5, 5.41) is 25.6. The Morgan fingerprint density at radius 2 is 1.37 bits per heavy atom. The Labute approximate surface area is 588 Å². The number of amides is 5. The van der Waals surface area contributed by atoms with Crippen LogP contribution in [0.15, 0.2) is 95.8 Å². The quantitative estimate of drug-likeness (QED) is 0.0147. The van der Waals surface area contributed by atoms with Crippen LogP contribution in [0.4, 0.5) is 9.18 Å². The summed E-state index contributed by atoms with van der Waals surface area (Å²) in [4.78, 5) is 168. The third kappa shape index (κ3) is 17.3. The number of nitrogens with zero attached hydrogens (tertiary/aromatic N) is 2. The number of hydrogen-bond acceptors (Lipinski definition) is 18. The Hall–Kier alpha value is -10.3. The molecule has 0 fully saturated rings. The molecule has 6 aromatic rings. The number of Topliss-reactive ketones (excluding diaryl/α,β-unsaturated/α-hetero) is 3. The monoisotopic (exact) mass is 1400 g/mol. The summed E-state index contributed by atoms with van der Waals surface area (Å²) >= 11 is 0. The van der Waals surface area contributed by atoms with Gasteiger partial charge in [0.05, 0.1) is 66.4 Å². The third-order valence-corrected chi connectivity index (χ3v) is 18.8. The van der Waals surface area contributed by atoms with Crippen LogP contribution in [-0.4, -0.2) is 123 Å². The number of pyridine rings is 2. The maximum absolute atomic E-state index is 15.5. The third-order valence-electron chi connectivity index (χ3n) is 18.8. The lowest BCUT2D eigenvalue weighted by atomic mass is 9.81. The van der Waals surface area contributed by atoms with Crippen LogP contribution in [0.3, 0.4) is 0 Å². The van der Waals surface area contributed by atoms with Gasteiger partial charge in [-0.05, 0) is 131 Å². The average Bonchev–Trinajstić information content (AvgIpc) is 1.49. The van der Waals surface area contributed by atoms with Crippen LogP contribution in [0, 0.1) is 18.7 Å². The van der Waals surface area contributed by atoms with Crippen molar-refractivity contribution >= 4 is 75.9 Å². The number of esters is 3. The van der Waals surface area contributed by atoms with E-state index < -0.39 is 150 Å². The van der Waals surface area contributed by atoms with Gasteiger partial charge in [0.1, 0.15) is 36.3 Å². The predicted molar refractivity (Wildman–Crippen MR) is 370 cm³/mol. The molecule has 0 radical (unpaired) electrons. The number of rotatable bonds is 29. The number of hydrogen-bond donors (Lipinski definition) is 6. The van der Waals surface area contributed by atoms with E-state index in [0.717, 1.165) is 27.8 Å². The highest BCUT2D eigenvalue weighted by molar-refractivity contribution is 5.98. The molecule has 10 rings (SSSR count). The van der Waals surface area contributed by atoms with Gasteiger partial charge in [-0.15, -0.1) is 0 Å². The molecule has 538 valence electrons. The van der Waals surface area contributed by atoms with Gasteiger partial charge >= 0.3 is 24.0 Å². The van der Waals surface area contributed by atoms with Gasteiger partial charge in [-0.2, -0.15) is 0 Å². The summed E-state index contributed by atoms with van der Waals surface area (Å²) < 4.78 is 38.9. The molecule has 4 aliphatic rings. The standard InChI is InChI=1S/C77H86FN7O17/c1-9-77(98)54-35-60-70-51(39-85(60)72(95)53(54)41-99-73(77)96)69-56(27-26-46-42(2)55(78)36-59(83-70)68(46)69)81-64(90)24-17-31-79-63(89)30-28-61(87)57(32-43-18-11-10-12-19-43)82-65(91)29-25-45(86)38-80-71(94)44(34-66(92)101-75(3,4)5)33-62(88)58(37-67(93)102-76(6,7)8)84-74(97)100-40-52-49-22-15-13-20-47(49)48-21-14-16-23-50(48)52/h10-16,18-23,35-36,44,52,56-58,98H,9,17,24-34,37-41H2,1-8H3,(H,79,89)(H,80,94)(H,81,90)(H,82,91)(H,84,97)/t44-,56-,57-,58?,77-/m0/s1. The molecule has 25 heteroatoms. The molecule has 6 N–H and O–H groups in total. The van der Waals surface area contributed by atoms with E-state index in [1.165, 1.54) is 10.6 Å². The molecule has 4 heterocycles. The number of alkyl carbamates (subject to hydrolysis) is 1. The van der Waals surface area contributed by atoms with E-state index in [2.05, 4.69) is 26.6 Å². The Balaban J connectivity index is 0.713. The van der Waals surface area contributed by atoms with Crippen LogP contribution in [0.5, 0.6) is 0 Å². The number of aryl methyl sites for hydroxylation is 1. The molecule has 5 atom stereocenters.